The first-order chi connectivity index (χ1) is 7.08. The van der Waals surface area contributed by atoms with E-state index in [1.165, 1.54) is 10.9 Å². The van der Waals surface area contributed by atoms with Crippen molar-refractivity contribution < 1.29 is 4.39 Å². The normalized spacial score (nSPS) is 10.7. The molecule has 0 spiro atoms. The lowest BCUT2D eigenvalue weighted by molar-refractivity contribution is 0.625. The van der Waals surface area contributed by atoms with E-state index in [0.29, 0.717) is 9.50 Å². The summed E-state index contributed by atoms with van der Waals surface area (Å²) in [5, 5.41) is 11.6. The molecule has 0 bridgehead atoms. The van der Waals surface area contributed by atoms with Gasteiger partial charge in [-0.05, 0) is 33.3 Å². The van der Waals surface area contributed by atoms with Gasteiger partial charge in [-0.2, -0.15) is 4.80 Å². The van der Waals surface area contributed by atoms with Crippen LogP contribution in [0.3, 0.4) is 0 Å². The summed E-state index contributed by atoms with van der Waals surface area (Å²) in [7, 11) is 1.61. The van der Waals surface area contributed by atoms with Crippen LogP contribution in [0.2, 0.25) is 5.02 Å². The molecule has 0 aliphatic rings. The first-order valence-electron chi connectivity index (χ1n) is 3.97. The molecule has 0 saturated carbocycles. The smallest absolute Gasteiger partial charge is 0.206 e. The predicted octanol–water partition coefficient (Wildman–Crippen LogP) is 2.43. The van der Waals surface area contributed by atoms with E-state index in [1.54, 1.807) is 13.1 Å². The van der Waals surface area contributed by atoms with Gasteiger partial charge in [-0.3, -0.25) is 0 Å². The second kappa shape index (κ2) is 3.86. The Balaban J connectivity index is 2.62. The van der Waals surface area contributed by atoms with E-state index in [2.05, 4.69) is 31.3 Å². The third-order valence-electron chi connectivity index (χ3n) is 1.74. The Morgan fingerprint density at radius 3 is 2.73 bits per heavy atom. The van der Waals surface area contributed by atoms with Gasteiger partial charge in [-0.15, -0.1) is 10.2 Å². The van der Waals surface area contributed by atoms with Gasteiger partial charge in [0.1, 0.15) is 5.82 Å². The standard InChI is InChI=1S/C8H5BrClFN4/c1-15-13-8(12-14-15)7-5(9)2-4(10)3-6(7)11/h2-3H,1H3. The molecule has 1 aromatic carbocycles. The highest BCUT2D eigenvalue weighted by molar-refractivity contribution is 9.10. The van der Waals surface area contributed by atoms with E-state index in [1.807, 2.05) is 0 Å². The number of benzene rings is 1. The Kier molecular flexibility index (Phi) is 2.70. The van der Waals surface area contributed by atoms with Gasteiger partial charge in [0.05, 0.1) is 12.6 Å². The third-order valence-corrected chi connectivity index (χ3v) is 2.58. The van der Waals surface area contributed by atoms with Gasteiger partial charge in [0.25, 0.3) is 0 Å². The maximum atomic E-state index is 13.6. The van der Waals surface area contributed by atoms with Crippen molar-refractivity contribution in [1.82, 2.24) is 20.2 Å². The number of rotatable bonds is 1. The quantitative estimate of drug-likeness (QED) is 0.810. The van der Waals surface area contributed by atoms with Crippen LogP contribution in [0.25, 0.3) is 11.4 Å². The number of nitrogens with zero attached hydrogens (tertiary/aromatic N) is 4. The molecule has 0 fully saturated rings. The number of tetrazole rings is 1. The second-order valence-electron chi connectivity index (χ2n) is 2.85. The molecule has 0 amide bonds. The summed E-state index contributed by atoms with van der Waals surface area (Å²) in [5.41, 5.74) is 0.257. The highest BCUT2D eigenvalue weighted by Gasteiger charge is 2.15. The fourth-order valence-corrected chi connectivity index (χ4v) is 2.09. The summed E-state index contributed by atoms with van der Waals surface area (Å²) in [6.45, 7) is 0. The zero-order chi connectivity index (χ0) is 11.0. The summed E-state index contributed by atoms with van der Waals surface area (Å²) >= 11 is 8.89. The molecule has 4 nitrogen and oxygen atoms in total. The van der Waals surface area contributed by atoms with Crippen molar-refractivity contribution in [1.29, 1.82) is 0 Å². The predicted molar refractivity (Wildman–Crippen MR) is 56.9 cm³/mol. The topological polar surface area (TPSA) is 43.6 Å². The molecule has 7 heteroatoms. The van der Waals surface area contributed by atoms with Gasteiger partial charge in [0.2, 0.25) is 5.82 Å². The van der Waals surface area contributed by atoms with Crippen molar-refractivity contribution in [2.45, 2.75) is 0 Å². The molecule has 2 aromatic rings. The summed E-state index contributed by atoms with van der Waals surface area (Å²) < 4.78 is 14.1. The van der Waals surface area contributed by atoms with Crippen molar-refractivity contribution >= 4 is 27.5 Å². The molecule has 0 N–H and O–H groups in total. The van der Waals surface area contributed by atoms with Gasteiger partial charge in [-0.1, -0.05) is 11.6 Å². The molecule has 15 heavy (non-hydrogen) atoms. The summed E-state index contributed by atoms with van der Waals surface area (Å²) in [4.78, 5) is 1.26. The van der Waals surface area contributed by atoms with Crippen LogP contribution in [-0.2, 0) is 7.05 Å². The first kappa shape index (κ1) is 10.5. The van der Waals surface area contributed by atoms with Crippen molar-refractivity contribution in [3.63, 3.8) is 0 Å². The van der Waals surface area contributed by atoms with Gasteiger partial charge in [-0.25, -0.2) is 4.39 Å². The van der Waals surface area contributed by atoms with Crippen LogP contribution in [0.5, 0.6) is 0 Å². The van der Waals surface area contributed by atoms with Crippen molar-refractivity contribution in [3.05, 3.63) is 27.4 Å². The highest BCUT2D eigenvalue weighted by Crippen LogP contribution is 2.30. The Morgan fingerprint density at radius 2 is 2.20 bits per heavy atom. The van der Waals surface area contributed by atoms with E-state index in [-0.39, 0.29) is 11.4 Å². The zero-order valence-corrected chi connectivity index (χ0v) is 9.92. The van der Waals surface area contributed by atoms with Crippen LogP contribution >= 0.6 is 27.5 Å². The Labute approximate surface area is 98.2 Å². The van der Waals surface area contributed by atoms with Crippen LogP contribution < -0.4 is 0 Å². The van der Waals surface area contributed by atoms with Gasteiger partial charge in [0, 0.05) is 9.50 Å². The van der Waals surface area contributed by atoms with Gasteiger partial charge in [0.15, 0.2) is 0 Å². The monoisotopic (exact) mass is 290 g/mol. The summed E-state index contributed by atoms with van der Waals surface area (Å²) in [6.07, 6.45) is 0. The lowest BCUT2D eigenvalue weighted by Crippen LogP contribution is -1.93. The van der Waals surface area contributed by atoms with E-state index in [9.17, 15) is 4.39 Å². The first-order valence-corrected chi connectivity index (χ1v) is 5.14. The van der Waals surface area contributed by atoms with E-state index >= 15 is 0 Å². The fraction of sp³-hybridized carbons (Fsp3) is 0.125. The summed E-state index contributed by atoms with van der Waals surface area (Å²) in [6, 6.07) is 2.79. The minimum Gasteiger partial charge on any atom is -0.206 e. The van der Waals surface area contributed by atoms with Crippen LogP contribution in [0.15, 0.2) is 16.6 Å². The average Bonchev–Trinajstić information content (AvgIpc) is 2.49. The Hall–Kier alpha value is -1.01. The number of aromatic nitrogens is 4. The van der Waals surface area contributed by atoms with Gasteiger partial charge >= 0.3 is 0 Å². The number of hydrogen-bond acceptors (Lipinski definition) is 3. The number of aryl methyl sites for hydroxylation is 1. The molecule has 0 aliphatic carbocycles. The molecular weight excluding hydrogens is 286 g/mol. The average molecular weight is 292 g/mol. The lowest BCUT2D eigenvalue weighted by Gasteiger charge is -2.01. The van der Waals surface area contributed by atoms with Crippen LogP contribution in [0.1, 0.15) is 0 Å². The molecular formula is C8H5BrClFN4. The van der Waals surface area contributed by atoms with E-state index < -0.39 is 5.82 Å². The van der Waals surface area contributed by atoms with Crippen molar-refractivity contribution in [3.8, 4) is 11.4 Å². The largest absolute Gasteiger partial charge is 0.208 e. The van der Waals surface area contributed by atoms with Gasteiger partial charge < -0.3 is 0 Å². The fourth-order valence-electron chi connectivity index (χ4n) is 1.14. The lowest BCUT2D eigenvalue weighted by atomic mass is 10.2. The second-order valence-corrected chi connectivity index (χ2v) is 4.14. The highest BCUT2D eigenvalue weighted by atomic mass is 79.9. The molecule has 0 atom stereocenters. The van der Waals surface area contributed by atoms with Crippen molar-refractivity contribution in [2.75, 3.05) is 0 Å². The Morgan fingerprint density at radius 1 is 1.47 bits per heavy atom. The van der Waals surface area contributed by atoms with E-state index in [0.717, 1.165) is 0 Å². The minimum absolute atomic E-state index is 0.221. The summed E-state index contributed by atoms with van der Waals surface area (Å²) in [5.74, 6) is -0.263. The number of halogens is 3. The van der Waals surface area contributed by atoms with Crippen molar-refractivity contribution in [2.24, 2.45) is 7.05 Å². The molecule has 0 aliphatic heterocycles. The molecule has 78 valence electrons. The SMILES string of the molecule is Cn1nnc(-c2c(F)cc(Cl)cc2Br)n1. The minimum atomic E-state index is -0.484. The van der Waals surface area contributed by atoms with Crippen LogP contribution in [0, 0.1) is 5.82 Å². The van der Waals surface area contributed by atoms with Crippen LogP contribution in [-0.4, -0.2) is 20.2 Å². The Bertz CT molecular complexity index is 490. The van der Waals surface area contributed by atoms with Crippen LogP contribution in [0.4, 0.5) is 4.39 Å². The zero-order valence-electron chi connectivity index (χ0n) is 7.58. The maximum Gasteiger partial charge on any atom is 0.208 e. The number of hydrogen-bond donors (Lipinski definition) is 0. The maximum absolute atomic E-state index is 13.6. The third kappa shape index (κ3) is 2.00. The molecule has 0 radical (unpaired) electrons. The van der Waals surface area contributed by atoms with E-state index in [4.69, 9.17) is 11.6 Å². The molecule has 1 aromatic heterocycles. The molecule has 2 rings (SSSR count). The molecule has 0 saturated heterocycles. The molecule has 0 unspecified atom stereocenters. The molecule has 1 heterocycles.